The van der Waals surface area contributed by atoms with Crippen LogP contribution in [-0.4, -0.2) is 40.6 Å². The van der Waals surface area contributed by atoms with Crippen molar-refractivity contribution in [1.29, 1.82) is 0 Å². The molecule has 0 fully saturated rings. The van der Waals surface area contributed by atoms with Gasteiger partial charge in [-0.25, -0.2) is 4.98 Å². The summed E-state index contributed by atoms with van der Waals surface area (Å²) in [7, 11) is 0. The third kappa shape index (κ3) is 3.28. The molecule has 0 aromatic carbocycles. The van der Waals surface area contributed by atoms with Gasteiger partial charge in [0.2, 0.25) is 0 Å². The fourth-order valence-corrected chi connectivity index (χ4v) is 1.78. The molecule has 1 heterocycles. The van der Waals surface area contributed by atoms with Crippen molar-refractivity contribution < 1.29 is 9.90 Å². The number of pyridine rings is 1. The van der Waals surface area contributed by atoms with Crippen LogP contribution in [0.3, 0.4) is 0 Å². The zero-order chi connectivity index (χ0) is 12.0. The van der Waals surface area contributed by atoms with Gasteiger partial charge in [0.25, 0.3) is 5.91 Å². The monoisotopic (exact) mass is 286 g/mol. The van der Waals surface area contributed by atoms with E-state index in [1.165, 1.54) is 0 Å². The summed E-state index contributed by atoms with van der Waals surface area (Å²) < 4.78 is 0.697. The van der Waals surface area contributed by atoms with Crippen LogP contribution in [0.15, 0.2) is 22.8 Å². The molecule has 1 rings (SSSR count). The van der Waals surface area contributed by atoms with E-state index in [1.54, 1.807) is 23.2 Å². The minimum atomic E-state index is -0.108. The van der Waals surface area contributed by atoms with E-state index in [0.717, 1.165) is 0 Å². The van der Waals surface area contributed by atoms with Gasteiger partial charge in [-0.05, 0) is 41.4 Å². The number of carbonyl (C=O) groups excluding carboxylic acids is 1. The number of halogens is 1. The Bertz CT molecular complexity index is 358. The second kappa shape index (κ2) is 6.60. The van der Waals surface area contributed by atoms with E-state index in [9.17, 15) is 4.79 Å². The van der Waals surface area contributed by atoms with Crippen molar-refractivity contribution in [2.75, 3.05) is 19.7 Å². The maximum atomic E-state index is 12.1. The summed E-state index contributed by atoms with van der Waals surface area (Å²) in [6.07, 6.45) is 2.18. The van der Waals surface area contributed by atoms with Crippen molar-refractivity contribution in [3.05, 3.63) is 28.5 Å². The normalized spacial score (nSPS) is 10.2. The molecular weight excluding hydrogens is 272 g/mol. The minimum Gasteiger partial charge on any atom is -0.396 e. The number of carbonyl (C=O) groups is 1. The van der Waals surface area contributed by atoms with Gasteiger partial charge in [-0.3, -0.25) is 4.79 Å². The summed E-state index contributed by atoms with van der Waals surface area (Å²) in [6, 6.07) is 3.56. The lowest BCUT2D eigenvalue weighted by molar-refractivity contribution is 0.0747. The van der Waals surface area contributed by atoms with Crippen LogP contribution in [0.1, 0.15) is 23.8 Å². The number of rotatable bonds is 5. The van der Waals surface area contributed by atoms with E-state index in [1.807, 2.05) is 6.92 Å². The molecule has 5 heteroatoms. The SMILES string of the molecule is CCN(CCCO)C(=O)c1ncccc1Br. The van der Waals surface area contributed by atoms with Crippen LogP contribution in [0.5, 0.6) is 0 Å². The van der Waals surface area contributed by atoms with Crippen molar-refractivity contribution in [3.8, 4) is 0 Å². The summed E-state index contributed by atoms with van der Waals surface area (Å²) >= 11 is 3.30. The van der Waals surface area contributed by atoms with E-state index in [-0.39, 0.29) is 12.5 Å². The van der Waals surface area contributed by atoms with Gasteiger partial charge >= 0.3 is 0 Å². The molecule has 0 bridgehead atoms. The Morgan fingerprint density at radius 2 is 2.38 bits per heavy atom. The highest BCUT2D eigenvalue weighted by Crippen LogP contribution is 2.15. The van der Waals surface area contributed by atoms with E-state index < -0.39 is 0 Å². The largest absolute Gasteiger partial charge is 0.396 e. The lowest BCUT2D eigenvalue weighted by atomic mass is 10.3. The molecule has 1 aromatic heterocycles. The van der Waals surface area contributed by atoms with Crippen molar-refractivity contribution >= 4 is 21.8 Å². The van der Waals surface area contributed by atoms with E-state index >= 15 is 0 Å². The molecule has 16 heavy (non-hydrogen) atoms. The average molecular weight is 287 g/mol. The molecule has 0 saturated heterocycles. The smallest absolute Gasteiger partial charge is 0.273 e. The van der Waals surface area contributed by atoms with Gasteiger partial charge in [-0.2, -0.15) is 0 Å². The van der Waals surface area contributed by atoms with Gasteiger partial charge < -0.3 is 10.0 Å². The summed E-state index contributed by atoms with van der Waals surface area (Å²) in [5, 5.41) is 8.75. The standard InChI is InChI=1S/C11H15BrN2O2/c1-2-14(7-4-8-15)11(16)10-9(12)5-3-6-13-10/h3,5-6,15H,2,4,7-8H2,1H3. The molecule has 0 saturated carbocycles. The van der Waals surface area contributed by atoms with Crippen LogP contribution in [-0.2, 0) is 0 Å². The molecule has 1 amide bonds. The number of amides is 1. The van der Waals surface area contributed by atoms with Gasteiger partial charge in [-0.1, -0.05) is 0 Å². The Morgan fingerprint density at radius 3 is 2.94 bits per heavy atom. The number of aliphatic hydroxyl groups is 1. The first kappa shape index (κ1) is 13.1. The third-order valence-electron chi connectivity index (χ3n) is 2.22. The predicted molar refractivity (Wildman–Crippen MR) is 65.2 cm³/mol. The Kier molecular flexibility index (Phi) is 5.42. The zero-order valence-electron chi connectivity index (χ0n) is 9.19. The van der Waals surface area contributed by atoms with Crippen molar-refractivity contribution in [2.45, 2.75) is 13.3 Å². The van der Waals surface area contributed by atoms with Crippen LogP contribution in [0.25, 0.3) is 0 Å². The highest BCUT2D eigenvalue weighted by atomic mass is 79.9. The summed E-state index contributed by atoms with van der Waals surface area (Å²) in [5.41, 5.74) is 0.419. The summed E-state index contributed by atoms with van der Waals surface area (Å²) in [5.74, 6) is -0.108. The van der Waals surface area contributed by atoms with Gasteiger partial charge in [0.1, 0.15) is 5.69 Å². The first-order valence-electron chi connectivity index (χ1n) is 5.21. The Morgan fingerprint density at radius 1 is 1.62 bits per heavy atom. The second-order valence-electron chi connectivity index (χ2n) is 3.30. The fraction of sp³-hybridized carbons (Fsp3) is 0.455. The van der Waals surface area contributed by atoms with Crippen molar-refractivity contribution in [1.82, 2.24) is 9.88 Å². The maximum Gasteiger partial charge on any atom is 0.273 e. The van der Waals surface area contributed by atoms with Crippen LogP contribution in [0, 0.1) is 0 Å². The highest BCUT2D eigenvalue weighted by molar-refractivity contribution is 9.10. The lowest BCUT2D eigenvalue weighted by Crippen LogP contribution is -2.33. The Labute approximate surface area is 103 Å². The van der Waals surface area contributed by atoms with E-state index in [4.69, 9.17) is 5.11 Å². The molecule has 1 N–H and O–H groups in total. The van der Waals surface area contributed by atoms with Gasteiger partial charge in [0, 0.05) is 30.4 Å². The van der Waals surface area contributed by atoms with Crippen LogP contribution in [0.2, 0.25) is 0 Å². The molecule has 0 radical (unpaired) electrons. The maximum absolute atomic E-state index is 12.1. The quantitative estimate of drug-likeness (QED) is 0.896. The zero-order valence-corrected chi connectivity index (χ0v) is 10.8. The number of hydrogen-bond donors (Lipinski definition) is 1. The molecule has 0 atom stereocenters. The van der Waals surface area contributed by atoms with E-state index in [0.29, 0.717) is 29.7 Å². The first-order valence-corrected chi connectivity index (χ1v) is 6.00. The molecule has 88 valence electrons. The Balaban J connectivity index is 2.79. The number of aromatic nitrogens is 1. The second-order valence-corrected chi connectivity index (χ2v) is 4.15. The van der Waals surface area contributed by atoms with Gasteiger partial charge in [-0.15, -0.1) is 0 Å². The number of aliphatic hydroxyl groups excluding tert-OH is 1. The third-order valence-corrected chi connectivity index (χ3v) is 2.86. The highest BCUT2D eigenvalue weighted by Gasteiger charge is 2.17. The minimum absolute atomic E-state index is 0.0904. The van der Waals surface area contributed by atoms with Crippen molar-refractivity contribution in [2.24, 2.45) is 0 Å². The van der Waals surface area contributed by atoms with Crippen LogP contribution in [0.4, 0.5) is 0 Å². The summed E-state index contributed by atoms with van der Waals surface area (Å²) in [4.78, 5) is 17.8. The molecule has 0 aliphatic carbocycles. The number of hydrogen-bond acceptors (Lipinski definition) is 3. The molecule has 0 aliphatic heterocycles. The topological polar surface area (TPSA) is 53.4 Å². The van der Waals surface area contributed by atoms with Crippen molar-refractivity contribution in [3.63, 3.8) is 0 Å². The number of nitrogens with zero attached hydrogens (tertiary/aromatic N) is 2. The lowest BCUT2D eigenvalue weighted by Gasteiger charge is -2.20. The van der Waals surface area contributed by atoms with Crippen LogP contribution >= 0.6 is 15.9 Å². The predicted octanol–water partition coefficient (Wildman–Crippen LogP) is 1.69. The molecular formula is C11H15BrN2O2. The molecule has 0 aliphatic rings. The molecule has 4 nitrogen and oxygen atoms in total. The van der Waals surface area contributed by atoms with Gasteiger partial charge in [0.15, 0.2) is 0 Å². The van der Waals surface area contributed by atoms with E-state index in [2.05, 4.69) is 20.9 Å². The van der Waals surface area contributed by atoms with Gasteiger partial charge in [0.05, 0.1) is 0 Å². The van der Waals surface area contributed by atoms with Crippen LogP contribution < -0.4 is 0 Å². The average Bonchev–Trinajstić information content (AvgIpc) is 2.30. The Hall–Kier alpha value is -0.940. The summed E-state index contributed by atoms with van der Waals surface area (Å²) in [6.45, 7) is 3.16. The first-order chi connectivity index (χ1) is 7.70. The fourth-order valence-electron chi connectivity index (χ4n) is 1.36. The molecule has 0 spiro atoms. The molecule has 0 unspecified atom stereocenters. The molecule has 1 aromatic rings.